The smallest absolute Gasteiger partial charge is 0.260 e. The summed E-state index contributed by atoms with van der Waals surface area (Å²) in [5.41, 5.74) is 2.20. The molecule has 0 saturated carbocycles. The topological polar surface area (TPSA) is 59.6 Å². The van der Waals surface area contributed by atoms with Gasteiger partial charge in [0.15, 0.2) is 5.50 Å². The second kappa shape index (κ2) is 10.2. The van der Waals surface area contributed by atoms with Crippen molar-refractivity contribution in [2.75, 3.05) is 12.4 Å². The number of thioether (sulfide) groups is 1. The Morgan fingerprint density at radius 3 is 2.62 bits per heavy atom. The fourth-order valence-electron chi connectivity index (χ4n) is 3.09. The molecular weight excluding hydrogens is 467 g/mol. The van der Waals surface area contributed by atoms with Gasteiger partial charge in [-0.25, -0.2) is 0 Å². The Labute approximate surface area is 200 Å². The highest BCUT2D eigenvalue weighted by atomic mass is 35.5. The fraction of sp³-hybridized carbons (Fsp3) is 0.125. The first-order chi connectivity index (χ1) is 15.5. The Balaban J connectivity index is 1.39. The molecule has 1 heterocycles. The van der Waals surface area contributed by atoms with Gasteiger partial charge in [-0.15, -0.1) is 0 Å². The van der Waals surface area contributed by atoms with Gasteiger partial charge < -0.3 is 20.1 Å². The number of halogens is 2. The number of ether oxygens (including phenoxy) is 2. The Morgan fingerprint density at radius 1 is 1.09 bits per heavy atom. The fourth-order valence-corrected chi connectivity index (χ4v) is 4.43. The SMILES string of the molecule is COc1ccc(Cl)cc1NC1NC(=O)/C(=C/c2ccc(OCc3ccccc3Cl)cc2)S1. The molecule has 0 spiro atoms. The molecule has 1 atom stereocenters. The number of carbonyl (C=O) groups is 1. The van der Waals surface area contributed by atoms with Crippen molar-refractivity contribution in [1.29, 1.82) is 0 Å². The summed E-state index contributed by atoms with van der Waals surface area (Å²) in [7, 11) is 1.59. The van der Waals surface area contributed by atoms with E-state index in [9.17, 15) is 4.79 Å². The van der Waals surface area contributed by atoms with Crippen LogP contribution in [0.1, 0.15) is 11.1 Å². The summed E-state index contributed by atoms with van der Waals surface area (Å²) >= 11 is 13.6. The molecule has 5 nitrogen and oxygen atoms in total. The summed E-state index contributed by atoms with van der Waals surface area (Å²) in [5, 5.41) is 7.41. The Hall–Kier alpha value is -2.80. The highest BCUT2D eigenvalue weighted by Gasteiger charge is 2.27. The molecule has 0 bridgehead atoms. The molecule has 1 aliphatic rings. The average Bonchev–Trinajstić information content (AvgIpc) is 3.13. The molecule has 2 N–H and O–H groups in total. The van der Waals surface area contributed by atoms with E-state index >= 15 is 0 Å². The maximum atomic E-state index is 12.4. The predicted octanol–water partition coefficient (Wildman–Crippen LogP) is 6.18. The van der Waals surface area contributed by atoms with E-state index in [0.717, 1.165) is 16.9 Å². The van der Waals surface area contributed by atoms with Crippen LogP contribution in [0, 0.1) is 0 Å². The van der Waals surface area contributed by atoms with E-state index in [1.807, 2.05) is 54.6 Å². The number of carbonyl (C=O) groups excluding carboxylic acids is 1. The number of nitrogens with one attached hydrogen (secondary N) is 2. The molecule has 32 heavy (non-hydrogen) atoms. The van der Waals surface area contributed by atoms with Crippen molar-refractivity contribution >= 4 is 52.6 Å². The van der Waals surface area contributed by atoms with Crippen LogP contribution < -0.4 is 20.1 Å². The second-order valence-corrected chi connectivity index (χ2v) is 8.91. The molecule has 4 rings (SSSR count). The average molecular weight is 487 g/mol. The van der Waals surface area contributed by atoms with E-state index in [4.69, 9.17) is 32.7 Å². The molecule has 0 aromatic heterocycles. The van der Waals surface area contributed by atoms with Crippen molar-refractivity contribution in [1.82, 2.24) is 5.32 Å². The summed E-state index contributed by atoms with van der Waals surface area (Å²) in [6.45, 7) is 0.388. The molecule has 0 aliphatic carbocycles. The maximum Gasteiger partial charge on any atom is 0.260 e. The van der Waals surface area contributed by atoms with Crippen molar-refractivity contribution in [3.05, 3.63) is 92.8 Å². The molecule has 1 saturated heterocycles. The van der Waals surface area contributed by atoms with E-state index in [1.165, 1.54) is 11.8 Å². The van der Waals surface area contributed by atoms with Gasteiger partial charge in [-0.1, -0.05) is 65.3 Å². The molecule has 0 radical (unpaired) electrons. The van der Waals surface area contributed by atoms with E-state index < -0.39 is 0 Å². The summed E-state index contributed by atoms with van der Waals surface area (Å²) in [6, 6.07) is 20.4. The highest BCUT2D eigenvalue weighted by molar-refractivity contribution is 8.05. The van der Waals surface area contributed by atoms with Crippen molar-refractivity contribution in [2.45, 2.75) is 12.1 Å². The summed E-state index contributed by atoms with van der Waals surface area (Å²) < 4.78 is 11.2. The number of rotatable bonds is 7. The van der Waals surface area contributed by atoms with Crippen molar-refractivity contribution in [2.24, 2.45) is 0 Å². The van der Waals surface area contributed by atoms with Gasteiger partial charge >= 0.3 is 0 Å². The number of benzene rings is 3. The largest absolute Gasteiger partial charge is 0.495 e. The zero-order valence-electron chi connectivity index (χ0n) is 17.1. The van der Waals surface area contributed by atoms with Gasteiger partial charge in [-0.2, -0.15) is 0 Å². The number of methoxy groups -OCH3 is 1. The van der Waals surface area contributed by atoms with Crippen molar-refractivity contribution in [3.8, 4) is 11.5 Å². The first kappa shape index (κ1) is 22.4. The van der Waals surface area contributed by atoms with E-state index in [-0.39, 0.29) is 11.4 Å². The molecule has 3 aromatic carbocycles. The lowest BCUT2D eigenvalue weighted by molar-refractivity contribution is -0.116. The van der Waals surface area contributed by atoms with Gasteiger partial charge in [-0.3, -0.25) is 4.79 Å². The molecule has 1 aliphatic heterocycles. The van der Waals surface area contributed by atoms with Crippen LogP contribution in [0.3, 0.4) is 0 Å². The van der Waals surface area contributed by atoms with Crippen LogP contribution in [0.4, 0.5) is 5.69 Å². The molecule has 1 unspecified atom stereocenters. The van der Waals surface area contributed by atoms with E-state index in [1.54, 1.807) is 25.3 Å². The Morgan fingerprint density at radius 2 is 1.88 bits per heavy atom. The second-order valence-electron chi connectivity index (χ2n) is 6.92. The van der Waals surface area contributed by atoms with Crippen LogP contribution in [0.15, 0.2) is 71.6 Å². The molecule has 3 aromatic rings. The summed E-state index contributed by atoms with van der Waals surface area (Å²) in [4.78, 5) is 13.0. The lowest BCUT2D eigenvalue weighted by atomic mass is 10.2. The van der Waals surface area contributed by atoms with Crippen LogP contribution in [-0.2, 0) is 11.4 Å². The Kier molecular flexibility index (Phi) is 7.15. The summed E-state index contributed by atoms with van der Waals surface area (Å²) in [6.07, 6.45) is 1.84. The van der Waals surface area contributed by atoms with Gasteiger partial charge in [0.05, 0.1) is 17.7 Å². The normalized spacial score (nSPS) is 16.7. The molecule has 1 fully saturated rings. The molecule has 1 amide bonds. The molecule has 164 valence electrons. The molecule has 8 heteroatoms. The molecular formula is C24H20Cl2N2O3S. The maximum absolute atomic E-state index is 12.4. The monoisotopic (exact) mass is 486 g/mol. The lowest BCUT2D eigenvalue weighted by Gasteiger charge is -2.15. The van der Waals surface area contributed by atoms with Gasteiger partial charge in [-0.05, 0) is 48.0 Å². The van der Waals surface area contributed by atoms with Crippen LogP contribution in [-0.4, -0.2) is 18.5 Å². The number of anilines is 1. The first-order valence-electron chi connectivity index (χ1n) is 9.77. The van der Waals surface area contributed by atoms with Crippen LogP contribution in [0.25, 0.3) is 6.08 Å². The number of amides is 1. The first-order valence-corrected chi connectivity index (χ1v) is 11.4. The standard InChI is InChI=1S/C24H20Cl2N2O3S/c1-30-21-11-8-17(25)13-20(21)27-24-28-23(29)22(32-24)12-15-6-9-18(10-7-15)31-14-16-4-2-3-5-19(16)26/h2-13,24,27H,14H2,1H3,(H,28,29)/b22-12-. The lowest BCUT2D eigenvalue weighted by Crippen LogP contribution is -2.31. The zero-order valence-corrected chi connectivity index (χ0v) is 19.4. The quantitative estimate of drug-likeness (QED) is 0.390. The third-order valence-electron chi connectivity index (χ3n) is 4.71. The third kappa shape index (κ3) is 5.51. The van der Waals surface area contributed by atoms with Gasteiger partial charge in [0.1, 0.15) is 18.1 Å². The zero-order chi connectivity index (χ0) is 22.5. The Bertz CT molecular complexity index is 1150. The minimum absolute atomic E-state index is 0.146. The van der Waals surface area contributed by atoms with Crippen molar-refractivity contribution < 1.29 is 14.3 Å². The van der Waals surface area contributed by atoms with Gasteiger partial charge in [0.25, 0.3) is 5.91 Å². The predicted molar refractivity (Wildman–Crippen MR) is 131 cm³/mol. The third-order valence-corrected chi connectivity index (χ3v) is 6.34. The van der Waals surface area contributed by atoms with Gasteiger partial charge in [0, 0.05) is 15.6 Å². The minimum Gasteiger partial charge on any atom is -0.495 e. The number of hydrogen-bond donors (Lipinski definition) is 2. The highest BCUT2D eigenvalue weighted by Crippen LogP contribution is 2.34. The van der Waals surface area contributed by atoms with Crippen LogP contribution >= 0.6 is 35.0 Å². The van der Waals surface area contributed by atoms with Crippen LogP contribution in [0.2, 0.25) is 10.0 Å². The number of hydrogen-bond acceptors (Lipinski definition) is 5. The van der Waals surface area contributed by atoms with Crippen LogP contribution in [0.5, 0.6) is 11.5 Å². The van der Waals surface area contributed by atoms with Crippen molar-refractivity contribution in [3.63, 3.8) is 0 Å². The van der Waals surface area contributed by atoms with E-state index in [0.29, 0.717) is 33.0 Å². The van der Waals surface area contributed by atoms with Gasteiger partial charge in [0.2, 0.25) is 0 Å². The van der Waals surface area contributed by atoms with E-state index in [2.05, 4.69) is 10.6 Å². The minimum atomic E-state index is -0.334. The summed E-state index contributed by atoms with van der Waals surface area (Å²) in [5.74, 6) is 1.23.